The third-order valence-corrected chi connectivity index (χ3v) is 4.26. The summed E-state index contributed by atoms with van der Waals surface area (Å²) < 4.78 is 12.3. The molecule has 0 atom stereocenters. The molecular formula is C17H17BrN2O4. The Kier molecular flexibility index (Phi) is 5.32. The molecule has 0 unspecified atom stereocenters. The highest BCUT2D eigenvalue weighted by atomic mass is 79.9. The molecule has 3 rings (SSSR count). The molecule has 0 aromatic heterocycles. The fraction of sp³-hybridized carbons (Fsp3) is 0.294. The third-order valence-electron chi connectivity index (χ3n) is 3.67. The Hall–Kier alpha value is -2.12. The van der Waals surface area contributed by atoms with Crippen molar-refractivity contribution in [3.63, 3.8) is 0 Å². The summed E-state index contributed by atoms with van der Waals surface area (Å²) in [5, 5.41) is 14.0. The number of hydrogen-bond donors (Lipinski definition) is 1. The number of nitro groups is 1. The molecule has 7 heteroatoms. The van der Waals surface area contributed by atoms with Gasteiger partial charge in [0, 0.05) is 31.6 Å². The lowest BCUT2D eigenvalue weighted by atomic mass is 10.1. The summed E-state index contributed by atoms with van der Waals surface area (Å²) >= 11 is 3.53. The third kappa shape index (κ3) is 4.04. The van der Waals surface area contributed by atoms with Crippen molar-refractivity contribution < 1.29 is 14.4 Å². The molecule has 0 spiro atoms. The monoisotopic (exact) mass is 392 g/mol. The lowest BCUT2D eigenvalue weighted by Crippen LogP contribution is -2.13. The summed E-state index contributed by atoms with van der Waals surface area (Å²) in [6, 6.07) is 10.5. The SMILES string of the molecule is O=[N+]([O-])c1ccc(CNCc2cc(Br)c3c(c2)OCCCO3)cc1. The first-order valence-electron chi connectivity index (χ1n) is 7.65. The molecule has 2 aromatic rings. The van der Waals surface area contributed by atoms with Gasteiger partial charge in [0.25, 0.3) is 5.69 Å². The number of benzene rings is 2. The van der Waals surface area contributed by atoms with E-state index in [1.54, 1.807) is 12.1 Å². The lowest BCUT2D eigenvalue weighted by Gasteiger charge is -2.12. The first-order chi connectivity index (χ1) is 11.6. The molecule has 6 nitrogen and oxygen atoms in total. The summed E-state index contributed by atoms with van der Waals surface area (Å²) in [7, 11) is 0. The van der Waals surface area contributed by atoms with E-state index in [4.69, 9.17) is 9.47 Å². The van der Waals surface area contributed by atoms with Crippen LogP contribution < -0.4 is 14.8 Å². The van der Waals surface area contributed by atoms with Gasteiger partial charge in [-0.25, -0.2) is 0 Å². The Morgan fingerprint density at radius 2 is 1.79 bits per heavy atom. The highest BCUT2D eigenvalue weighted by Crippen LogP contribution is 2.38. The van der Waals surface area contributed by atoms with Gasteiger partial charge in [0.2, 0.25) is 0 Å². The number of fused-ring (bicyclic) bond motifs is 1. The zero-order valence-electron chi connectivity index (χ0n) is 13.0. The predicted octanol–water partition coefficient (Wildman–Crippen LogP) is 3.81. The van der Waals surface area contributed by atoms with Gasteiger partial charge < -0.3 is 14.8 Å². The van der Waals surface area contributed by atoms with Crippen molar-refractivity contribution in [2.75, 3.05) is 13.2 Å². The lowest BCUT2D eigenvalue weighted by molar-refractivity contribution is -0.384. The molecule has 0 saturated carbocycles. The molecule has 0 aliphatic carbocycles. The van der Waals surface area contributed by atoms with Crippen LogP contribution in [-0.4, -0.2) is 18.1 Å². The number of ether oxygens (including phenoxy) is 2. The molecule has 0 saturated heterocycles. The minimum atomic E-state index is -0.396. The van der Waals surface area contributed by atoms with Crippen LogP contribution in [0.15, 0.2) is 40.9 Å². The van der Waals surface area contributed by atoms with E-state index >= 15 is 0 Å². The van der Waals surface area contributed by atoms with Gasteiger partial charge in [0.1, 0.15) is 0 Å². The van der Waals surface area contributed by atoms with Gasteiger partial charge in [0.15, 0.2) is 11.5 Å². The van der Waals surface area contributed by atoms with E-state index in [0.29, 0.717) is 26.3 Å². The van der Waals surface area contributed by atoms with Gasteiger partial charge in [-0.3, -0.25) is 10.1 Å². The molecule has 1 aliphatic heterocycles. The van der Waals surface area contributed by atoms with Gasteiger partial charge in [0.05, 0.1) is 22.6 Å². The van der Waals surface area contributed by atoms with Gasteiger partial charge >= 0.3 is 0 Å². The van der Waals surface area contributed by atoms with Crippen molar-refractivity contribution in [1.29, 1.82) is 0 Å². The second-order valence-corrected chi connectivity index (χ2v) is 6.34. The molecule has 0 bridgehead atoms. The molecule has 126 valence electrons. The maximum absolute atomic E-state index is 10.6. The van der Waals surface area contributed by atoms with E-state index in [-0.39, 0.29) is 5.69 Å². The van der Waals surface area contributed by atoms with Crippen LogP contribution in [0.4, 0.5) is 5.69 Å². The normalized spacial score (nSPS) is 13.4. The molecular weight excluding hydrogens is 376 g/mol. The summed E-state index contributed by atoms with van der Waals surface area (Å²) in [6.07, 6.45) is 0.870. The fourth-order valence-corrected chi connectivity index (χ4v) is 3.08. The standard InChI is InChI=1S/C17H17BrN2O4/c18-15-8-13(9-16-17(15)24-7-1-6-23-16)11-19-10-12-2-4-14(5-3-12)20(21)22/h2-5,8-9,19H,1,6-7,10-11H2. The second kappa shape index (κ2) is 7.63. The summed E-state index contributed by atoms with van der Waals surface area (Å²) in [4.78, 5) is 10.3. The zero-order valence-corrected chi connectivity index (χ0v) is 14.5. The smallest absolute Gasteiger partial charge is 0.269 e. The number of nitro benzene ring substituents is 1. The Bertz CT molecular complexity index is 734. The van der Waals surface area contributed by atoms with Gasteiger partial charge in [-0.05, 0) is 39.2 Å². The maximum atomic E-state index is 10.6. The van der Waals surface area contributed by atoms with Crippen molar-refractivity contribution in [3.05, 3.63) is 62.1 Å². The van der Waals surface area contributed by atoms with Crippen LogP contribution in [0.25, 0.3) is 0 Å². The fourth-order valence-electron chi connectivity index (χ4n) is 2.47. The minimum Gasteiger partial charge on any atom is -0.490 e. The summed E-state index contributed by atoms with van der Waals surface area (Å²) in [5.74, 6) is 1.51. The summed E-state index contributed by atoms with van der Waals surface area (Å²) in [5.41, 5.74) is 2.17. The number of nitrogens with zero attached hydrogens (tertiary/aromatic N) is 1. The van der Waals surface area contributed by atoms with Gasteiger partial charge in [-0.1, -0.05) is 12.1 Å². The van der Waals surface area contributed by atoms with E-state index in [1.807, 2.05) is 12.1 Å². The molecule has 0 radical (unpaired) electrons. The first kappa shape index (κ1) is 16.7. The van der Waals surface area contributed by atoms with Crippen molar-refractivity contribution in [1.82, 2.24) is 5.32 Å². The Morgan fingerprint density at radius 1 is 1.08 bits per heavy atom. The highest BCUT2D eigenvalue weighted by molar-refractivity contribution is 9.10. The van der Waals surface area contributed by atoms with Crippen LogP contribution in [0, 0.1) is 10.1 Å². The Balaban J connectivity index is 1.61. The van der Waals surface area contributed by atoms with Crippen LogP contribution in [-0.2, 0) is 13.1 Å². The number of halogens is 1. The highest BCUT2D eigenvalue weighted by Gasteiger charge is 2.15. The van der Waals surface area contributed by atoms with Crippen LogP contribution in [0.1, 0.15) is 17.5 Å². The molecule has 1 N–H and O–H groups in total. The first-order valence-corrected chi connectivity index (χ1v) is 8.45. The molecule has 1 aliphatic rings. The molecule has 0 amide bonds. The topological polar surface area (TPSA) is 73.6 Å². The second-order valence-electron chi connectivity index (χ2n) is 5.48. The van der Waals surface area contributed by atoms with Crippen molar-refractivity contribution in [2.45, 2.75) is 19.5 Å². The largest absolute Gasteiger partial charge is 0.490 e. The van der Waals surface area contributed by atoms with E-state index in [2.05, 4.69) is 21.2 Å². The average molecular weight is 393 g/mol. The van der Waals surface area contributed by atoms with E-state index in [1.165, 1.54) is 12.1 Å². The van der Waals surface area contributed by atoms with Crippen molar-refractivity contribution in [2.24, 2.45) is 0 Å². The molecule has 0 fully saturated rings. The molecule has 2 aromatic carbocycles. The number of non-ortho nitro benzene ring substituents is 1. The van der Waals surface area contributed by atoms with E-state index in [9.17, 15) is 10.1 Å². The van der Waals surface area contributed by atoms with Crippen LogP contribution in [0.3, 0.4) is 0 Å². The van der Waals surface area contributed by atoms with Gasteiger partial charge in [-0.15, -0.1) is 0 Å². The molecule has 24 heavy (non-hydrogen) atoms. The van der Waals surface area contributed by atoms with E-state index in [0.717, 1.165) is 33.5 Å². The quantitative estimate of drug-likeness (QED) is 0.618. The van der Waals surface area contributed by atoms with Gasteiger partial charge in [-0.2, -0.15) is 0 Å². The number of hydrogen-bond acceptors (Lipinski definition) is 5. The average Bonchev–Trinajstić information content (AvgIpc) is 2.81. The number of rotatable bonds is 5. The van der Waals surface area contributed by atoms with Crippen LogP contribution in [0.5, 0.6) is 11.5 Å². The van der Waals surface area contributed by atoms with E-state index < -0.39 is 4.92 Å². The molecule has 1 heterocycles. The Labute approximate surface area is 148 Å². The predicted molar refractivity (Wildman–Crippen MR) is 93.4 cm³/mol. The minimum absolute atomic E-state index is 0.102. The van der Waals surface area contributed by atoms with Crippen LogP contribution in [0.2, 0.25) is 0 Å². The Morgan fingerprint density at radius 3 is 2.54 bits per heavy atom. The van der Waals surface area contributed by atoms with Crippen molar-refractivity contribution >= 4 is 21.6 Å². The zero-order chi connectivity index (χ0) is 16.9. The summed E-state index contributed by atoms with van der Waals surface area (Å²) in [6.45, 7) is 2.60. The van der Waals surface area contributed by atoms with Crippen LogP contribution >= 0.6 is 15.9 Å². The maximum Gasteiger partial charge on any atom is 0.269 e. The number of nitrogens with one attached hydrogen (secondary N) is 1. The van der Waals surface area contributed by atoms with Crippen molar-refractivity contribution in [3.8, 4) is 11.5 Å².